The number of likely N-dealkylation sites (N-methyl/N-ethyl adjacent to an activating group) is 2. The van der Waals surface area contributed by atoms with Gasteiger partial charge in [-0.2, -0.15) is 0 Å². The lowest BCUT2D eigenvalue weighted by Crippen LogP contribution is -2.76. The lowest BCUT2D eigenvalue weighted by Gasteiger charge is -2.57. The first-order chi connectivity index (χ1) is 13.6. The van der Waals surface area contributed by atoms with Crippen LogP contribution in [0, 0.1) is 5.92 Å². The predicted molar refractivity (Wildman–Crippen MR) is 105 cm³/mol. The van der Waals surface area contributed by atoms with E-state index in [4.69, 9.17) is 19.9 Å². The molecule has 2 heterocycles. The van der Waals surface area contributed by atoms with Gasteiger partial charge in [-0.15, -0.1) is 0 Å². The van der Waals surface area contributed by atoms with Crippen LogP contribution in [0.2, 0.25) is 0 Å². The zero-order valence-corrected chi connectivity index (χ0v) is 17.8. The van der Waals surface area contributed by atoms with E-state index in [1.54, 1.807) is 14.1 Å². The zero-order valence-electron chi connectivity index (χ0n) is 17.8. The fourth-order valence-corrected chi connectivity index (χ4v) is 4.51. The van der Waals surface area contributed by atoms with Crippen LogP contribution >= 0.6 is 0 Å². The van der Waals surface area contributed by atoms with Gasteiger partial charge < -0.3 is 46.1 Å². The Labute approximate surface area is 171 Å². The van der Waals surface area contributed by atoms with Crippen molar-refractivity contribution in [3.8, 4) is 0 Å². The first-order valence-electron chi connectivity index (χ1n) is 10.4. The third-order valence-corrected chi connectivity index (χ3v) is 6.41. The van der Waals surface area contributed by atoms with Crippen molar-refractivity contribution < 1.29 is 29.2 Å². The molecular formula is C19H36N4O6. The Balaban J connectivity index is 1.84. The predicted octanol–water partition coefficient (Wildman–Crippen LogP) is -2.00. The number of hydrogen-bond donors (Lipinski definition) is 6. The molecule has 0 spiro atoms. The molecule has 1 saturated carbocycles. The van der Waals surface area contributed by atoms with Crippen molar-refractivity contribution in [3.63, 3.8) is 0 Å². The number of amides is 1. The number of nitrogens with one attached hydrogen (secondary N) is 3. The van der Waals surface area contributed by atoms with Gasteiger partial charge in [-0.05, 0) is 39.8 Å². The van der Waals surface area contributed by atoms with E-state index in [1.807, 2.05) is 20.8 Å². The minimum atomic E-state index is -1.89. The summed E-state index contributed by atoms with van der Waals surface area (Å²) < 4.78 is 18.1. The smallest absolute Gasteiger partial charge is 0.239 e. The lowest BCUT2D eigenvalue weighted by atomic mass is 9.81. The van der Waals surface area contributed by atoms with E-state index >= 15 is 0 Å². The fraction of sp³-hybridized carbons (Fsp3) is 0.947. The Morgan fingerprint density at radius 2 is 1.90 bits per heavy atom. The maximum Gasteiger partial charge on any atom is 0.239 e. The Bertz CT molecular complexity index is 595. The monoisotopic (exact) mass is 416 g/mol. The molecule has 0 aromatic rings. The van der Waals surface area contributed by atoms with Crippen LogP contribution in [0.5, 0.6) is 0 Å². The zero-order chi connectivity index (χ0) is 21.5. The van der Waals surface area contributed by atoms with Crippen LogP contribution in [-0.4, -0.2) is 90.9 Å². The summed E-state index contributed by atoms with van der Waals surface area (Å²) in [6.07, 6.45) is -2.21. The van der Waals surface area contributed by atoms with Gasteiger partial charge in [-0.3, -0.25) is 4.79 Å². The van der Waals surface area contributed by atoms with Crippen molar-refractivity contribution in [2.24, 2.45) is 11.7 Å². The van der Waals surface area contributed by atoms with Gasteiger partial charge in [0, 0.05) is 6.04 Å². The van der Waals surface area contributed by atoms with E-state index in [2.05, 4.69) is 16.0 Å². The van der Waals surface area contributed by atoms with Gasteiger partial charge in [0.25, 0.3) is 0 Å². The molecule has 2 saturated heterocycles. The summed E-state index contributed by atoms with van der Waals surface area (Å²) in [7, 11) is 3.51. The third-order valence-electron chi connectivity index (χ3n) is 6.41. The number of carbonyl (C=O) groups is 1. The lowest BCUT2D eigenvalue weighted by molar-refractivity contribution is -0.442. The van der Waals surface area contributed by atoms with Gasteiger partial charge in [0.05, 0.1) is 36.4 Å². The SMILES string of the molecule is CN[C@H]1CC2OC3O[C@H](C)C[C@@H](NC(=O)[C@@H](N)C(C)C)[C@]3(O)OC2[C@@H](NC)[C@H]1O. The summed E-state index contributed by atoms with van der Waals surface area (Å²) in [6, 6.07) is -2.12. The van der Waals surface area contributed by atoms with Gasteiger partial charge in [0.1, 0.15) is 6.10 Å². The van der Waals surface area contributed by atoms with Gasteiger partial charge in [-0.25, -0.2) is 0 Å². The summed E-state index contributed by atoms with van der Waals surface area (Å²) >= 11 is 0. The molecule has 0 aromatic heterocycles. The van der Waals surface area contributed by atoms with E-state index in [-0.39, 0.29) is 24.0 Å². The molecule has 2 aliphatic heterocycles. The Morgan fingerprint density at radius 3 is 2.48 bits per heavy atom. The Kier molecular flexibility index (Phi) is 6.86. The van der Waals surface area contributed by atoms with Crippen molar-refractivity contribution in [2.45, 2.75) is 94.3 Å². The second-order valence-electron chi connectivity index (χ2n) is 8.79. The highest BCUT2D eigenvalue weighted by molar-refractivity contribution is 5.82. The number of nitrogens with two attached hydrogens (primary N) is 1. The highest BCUT2D eigenvalue weighted by Gasteiger charge is 2.61. The summed E-state index contributed by atoms with van der Waals surface area (Å²) in [4.78, 5) is 12.6. The van der Waals surface area contributed by atoms with Crippen LogP contribution < -0.4 is 21.7 Å². The van der Waals surface area contributed by atoms with Crippen molar-refractivity contribution in [3.05, 3.63) is 0 Å². The average Bonchev–Trinajstić information content (AvgIpc) is 2.66. The van der Waals surface area contributed by atoms with Crippen LogP contribution in [0.3, 0.4) is 0 Å². The average molecular weight is 417 g/mol. The third kappa shape index (κ3) is 4.17. The molecular weight excluding hydrogens is 380 g/mol. The summed E-state index contributed by atoms with van der Waals surface area (Å²) in [5, 5.41) is 31.1. The molecule has 10 heteroatoms. The van der Waals surface area contributed by atoms with Gasteiger partial charge in [-0.1, -0.05) is 13.8 Å². The molecule has 7 N–H and O–H groups in total. The Morgan fingerprint density at radius 1 is 1.21 bits per heavy atom. The van der Waals surface area contributed by atoms with E-state index < -0.39 is 48.5 Å². The number of aliphatic hydroxyl groups excluding tert-OH is 1. The molecule has 3 rings (SSSR count). The van der Waals surface area contributed by atoms with Gasteiger partial charge in [0.15, 0.2) is 0 Å². The topological polar surface area (TPSA) is 147 Å². The molecule has 3 unspecified atom stereocenters. The van der Waals surface area contributed by atoms with Crippen molar-refractivity contribution in [1.82, 2.24) is 16.0 Å². The van der Waals surface area contributed by atoms with Crippen molar-refractivity contribution in [1.29, 1.82) is 0 Å². The normalized spacial score (nSPS) is 46.0. The van der Waals surface area contributed by atoms with E-state index in [9.17, 15) is 15.0 Å². The maximum atomic E-state index is 12.6. The first kappa shape index (κ1) is 22.8. The molecule has 1 aliphatic carbocycles. The van der Waals surface area contributed by atoms with Crippen molar-refractivity contribution in [2.75, 3.05) is 14.1 Å². The number of carbonyl (C=O) groups excluding carboxylic acids is 1. The molecule has 3 aliphatic rings. The molecule has 1 amide bonds. The van der Waals surface area contributed by atoms with E-state index in [0.717, 1.165) is 0 Å². The highest BCUT2D eigenvalue weighted by atomic mass is 16.8. The van der Waals surface area contributed by atoms with E-state index in [1.165, 1.54) is 0 Å². The fourth-order valence-electron chi connectivity index (χ4n) is 4.51. The molecule has 0 bridgehead atoms. The Hall–Kier alpha value is -0.850. The number of fused-ring (bicyclic) bond motifs is 2. The second-order valence-corrected chi connectivity index (χ2v) is 8.79. The van der Waals surface area contributed by atoms with Crippen LogP contribution in [0.25, 0.3) is 0 Å². The largest absolute Gasteiger partial charge is 0.390 e. The number of rotatable bonds is 5. The summed E-state index contributed by atoms with van der Waals surface area (Å²) in [5.41, 5.74) is 5.97. The molecule has 168 valence electrons. The molecule has 29 heavy (non-hydrogen) atoms. The highest BCUT2D eigenvalue weighted by Crippen LogP contribution is 2.41. The molecule has 10 nitrogen and oxygen atoms in total. The number of aliphatic hydroxyl groups is 2. The van der Waals surface area contributed by atoms with Gasteiger partial charge >= 0.3 is 0 Å². The number of hydrogen-bond acceptors (Lipinski definition) is 9. The van der Waals surface area contributed by atoms with Crippen LogP contribution in [0.15, 0.2) is 0 Å². The quantitative estimate of drug-likeness (QED) is 0.299. The first-order valence-corrected chi connectivity index (χ1v) is 10.4. The van der Waals surface area contributed by atoms with Crippen LogP contribution in [0.1, 0.15) is 33.6 Å². The van der Waals surface area contributed by atoms with Gasteiger partial charge in [0.2, 0.25) is 18.0 Å². The molecule has 0 aromatic carbocycles. The number of ether oxygens (including phenoxy) is 3. The standard InChI is InChI=1S/C19H36N4O6/c1-8(2)13(20)17(25)23-12-6-9(3)27-18-19(12,26)29-16-11(28-18)7-10(21-4)15(24)14(16)22-5/h8-16,18,21-22,24,26H,6-7,20H2,1-5H3,(H,23,25)/t9-,10+,11?,12-,13+,14+,15+,16?,18?,19+/m1/s1. The van der Waals surface area contributed by atoms with Crippen LogP contribution in [-0.2, 0) is 19.0 Å². The second kappa shape index (κ2) is 8.72. The summed E-state index contributed by atoms with van der Waals surface area (Å²) in [6.45, 7) is 5.57. The van der Waals surface area contributed by atoms with Crippen LogP contribution in [0.4, 0.5) is 0 Å². The summed E-state index contributed by atoms with van der Waals surface area (Å²) in [5.74, 6) is -2.30. The maximum absolute atomic E-state index is 12.6. The molecule has 0 radical (unpaired) electrons. The molecule has 3 fully saturated rings. The van der Waals surface area contributed by atoms with E-state index in [0.29, 0.717) is 12.8 Å². The molecule has 10 atom stereocenters. The minimum absolute atomic E-state index is 0.0498. The minimum Gasteiger partial charge on any atom is -0.390 e. The van der Waals surface area contributed by atoms with Crippen molar-refractivity contribution >= 4 is 5.91 Å².